The van der Waals surface area contributed by atoms with Crippen molar-refractivity contribution in [2.24, 2.45) is 0 Å². The summed E-state index contributed by atoms with van der Waals surface area (Å²) in [5, 5.41) is 0. The van der Waals surface area contributed by atoms with E-state index in [1.807, 2.05) is 18.2 Å². The van der Waals surface area contributed by atoms with E-state index >= 15 is 0 Å². The number of rotatable bonds is 3. The van der Waals surface area contributed by atoms with Crippen LogP contribution in [0.4, 0.5) is 0 Å². The Hall–Kier alpha value is -3.09. The molecule has 0 aliphatic heterocycles. The van der Waals surface area contributed by atoms with Crippen molar-refractivity contribution in [1.82, 2.24) is 0 Å². The normalized spacial score (nSPS) is 12.3. The number of methoxy groups -OCH3 is 1. The number of hydrogen-bond donors (Lipinski definition) is 0. The average molecular weight is 532 g/mol. The van der Waals surface area contributed by atoms with Crippen molar-refractivity contribution in [3.63, 3.8) is 0 Å². The van der Waals surface area contributed by atoms with Gasteiger partial charge in [-0.3, -0.25) is 6.08 Å². The van der Waals surface area contributed by atoms with Crippen molar-refractivity contribution in [3.05, 3.63) is 149 Å². The van der Waals surface area contributed by atoms with Crippen molar-refractivity contribution < 1.29 is 29.0 Å². The second kappa shape index (κ2) is 12.6. The Labute approximate surface area is 224 Å². The molecule has 0 saturated heterocycles. The number of hydrogen-bond acceptors (Lipinski definition) is 1. The van der Waals surface area contributed by atoms with E-state index < -0.39 is 0 Å². The van der Waals surface area contributed by atoms with E-state index in [0.717, 1.165) is 18.6 Å². The Kier molecular flexibility index (Phi) is 8.98. The van der Waals surface area contributed by atoms with Gasteiger partial charge in [-0.1, -0.05) is 35.4 Å². The Balaban J connectivity index is 0.000000135. The van der Waals surface area contributed by atoms with Crippen LogP contribution in [-0.2, 0) is 30.7 Å². The van der Waals surface area contributed by atoms with Crippen LogP contribution >= 0.6 is 0 Å². The predicted octanol–water partition coefficient (Wildman–Crippen LogP) is 7.56. The molecule has 6 rings (SSSR count). The molecule has 0 unspecified atom stereocenters. The second-order valence-corrected chi connectivity index (χ2v) is 9.57. The Morgan fingerprint density at radius 1 is 0.829 bits per heavy atom. The van der Waals surface area contributed by atoms with Gasteiger partial charge < -0.3 is 4.74 Å². The Morgan fingerprint density at radius 3 is 2.00 bits per heavy atom. The third-order valence-corrected chi connectivity index (χ3v) is 7.33. The molecule has 170 valence electrons. The summed E-state index contributed by atoms with van der Waals surface area (Å²) in [5.74, 6) is 0.952. The molecule has 2 aliphatic rings. The summed E-state index contributed by atoms with van der Waals surface area (Å²) in [5.41, 5.74) is 9.13. The number of fused-ring (bicyclic) bond motifs is 3. The third kappa shape index (κ3) is 6.53. The summed E-state index contributed by atoms with van der Waals surface area (Å²) < 4.78 is 6.81. The van der Waals surface area contributed by atoms with Crippen LogP contribution in [0.2, 0.25) is 0 Å². The maximum absolute atomic E-state index is 5.39. The molecule has 2 aliphatic carbocycles. The van der Waals surface area contributed by atoms with E-state index in [1.165, 1.54) is 66.4 Å². The van der Waals surface area contributed by atoms with E-state index in [9.17, 15) is 0 Å². The summed E-state index contributed by atoms with van der Waals surface area (Å²) in [6.45, 7) is 2.08. The molecule has 1 nitrogen and oxygen atoms in total. The molecule has 0 radical (unpaired) electrons. The molecule has 0 atom stereocenters. The molecule has 0 aromatic heterocycles. The molecule has 0 saturated carbocycles. The van der Waals surface area contributed by atoms with Gasteiger partial charge in [0.25, 0.3) is 0 Å². The zero-order valence-corrected chi connectivity index (χ0v) is 22.7. The van der Waals surface area contributed by atoms with Crippen LogP contribution < -0.4 is 4.74 Å². The van der Waals surface area contributed by atoms with E-state index in [2.05, 4.69) is 110 Å². The van der Waals surface area contributed by atoms with Gasteiger partial charge in [-0.15, -0.1) is 25.0 Å². The maximum atomic E-state index is 5.39. The Morgan fingerprint density at radius 2 is 1.46 bits per heavy atom. The van der Waals surface area contributed by atoms with Crippen molar-refractivity contribution in [2.75, 3.05) is 7.11 Å². The van der Waals surface area contributed by atoms with Gasteiger partial charge >= 0.3 is 99.2 Å². The molecule has 0 bridgehead atoms. The van der Waals surface area contributed by atoms with Gasteiger partial charge in [0.15, 0.2) is 0 Å². The van der Waals surface area contributed by atoms with Crippen LogP contribution in [0, 0.1) is 12.1 Å². The molecule has 0 heterocycles. The molecule has 4 aromatic carbocycles. The van der Waals surface area contributed by atoms with Gasteiger partial charge in [0.1, 0.15) is 0 Å². The summed E-state index contributed by atoms with van der Waals surface area (Å²) in [6.07, 6.45) is 9.22. The van der Waals surface area contributed by atoms with Crippen LogP contribution in [0.5, 0.6) is 5.75 Å². The molecular weight excluding hydrogens is 504 g/mol. The number of benzene rings is 4. The van der Waals surface area contributed by atoms with Gasteiger partial charge in [0.2, 0.25) is 0 Å². The van der Waals surface area contributed by atoms with E-state index in [-0.39, 0.29) is 0 Å². The van der Waals surface area contributed by atoms with Gasteiger partial charge in [-0.05, 0) is 12.0 Å². The third-order valence-electron chi connectivity index (χ3n) is 5.91. The van der Waals surface area contributed by atoms with Crippen LogP contribution in [0.3, 0.4) is 0 Å². The van der Waals surface area contributed by atoms with Crippen LogP contribution in [0.25, 0.3) is 11.1 Å². The summed E-state index contributed by atoms with van der Waals surface area (Å²) in [7, 11) is 1.72. The molecule has 4 aromatic rings. The van der Waals surface area contributed by atoms with Gasteiger partial charge in [0, 0.05) is 5.75 Å². The standard InChI is InChI=1S/C14H11O.C13H10.C6H7.Zr/c1-15-13-8-4-6-11-9-10-5-2-3-7-12(10)14(11)13;1-3-7-12(8-4-1)11-13-9-5-2-6-10-13;1-6-4-2-3-5-6;/h2-5,7-8H,9H2,1H3;1-10H;4-5H,2H2,1H3;/q-1;;-1;+2. The quantitative estimate of drug-likeness (QED) is 0.218. The molecule has 35 heavy (non-hydrogen) atoms. The van der Waals surface area contributed by atoms with Crippen molar-refractivity contribution in [3.8, 4) is 16.9 Å². The first-order valence-corrected chi connectivity index (χ1v) is 13.0. The van der Waals surface area contributed by atoms with E-state index in [0.29, 0.717) is 0 Å². The summed E-state index contributed by atoms with van der Waals surface area (Å²) in [6, 6.07) is 36.8. The molecule has 0 spiro atoms. The van der Waals surface area contributed by atoms with E-state index in [4.69, 9.17) is 4.74 Å². The first kappa shape index (κ1) is 25.0. The van der Waals surface area contributed by atoms with Gasteiger partial charge in [-0.25, -0.2) is 11.6 Å². The zero-order chi connectivity index (χ0) is 24.5. The van der Waals surface area contributed by atoms with Crippen LogP contribution in [-0.4, -0.2) is 10.3 Å². The van der Waals surface area contributed by atoms with Crippen molar-refractivity contribution in [1.29, 1.82) is 0 Å². The zero-order valence-electron chi connectivity index (χ0n) is 20.2. The average Bonchev–Trinajstić information content (AvgIpc) is 3.56. The number of allylic oxidation sites excluding steroid dienone is 4. The van der Waals surface area contributed by atoms with E-state index in [1.54, 1.807) is 7.11 Å². The molecule has 0 fully saturated rings. The monoisotopic (exact) mass is 530 g/mol. The van der Waals surface area contributed by atoms with Gasteiger partial charge in [-0.2, -0.15) is 18.2 Å². The minimum atomic E-state index is 0.952. The summed E-state index contributed by atoms with van der Waals surface area (Å²) in [4.78, 5) is 0. The summed E-state index contributed by atoms with van der Waals surface area (Å²) >= 11 is 1.46. The van der Waals surface area contributed by atoms with Crippen LogP contribution in [0.1, 0.15) is 35.6 Å². The fraction of sp³-hybridized carbons (Fsp3) is 0.121. The second-order valence-electron chi connectivity index (χ2n) is 8.34. The van der Waals surface area contributed by atoms with Crippen molar-refractivity contribution in [2.45, 2.75) is 19.8 Å². The minimum absolute atomic E-state index is 0.952. The topological polar surface area (TPSA) is 9.23 Å². The Bertz CT molecular complexity index is 1290. The van der Waals surface area contributed by atoms with Crippen molar-refractivity contribution >= 4 is 3.21 Å². The predicted molar refractivity (Wildman–Crippen MR) is 142 cm³/mol. The molecular formula is C33H28OZr. The van der Waals surface area contributed by atoms with Gasteiger partial charge in [0.05, 0.1) is 7.11 Å². The molecule has 0 amide bonds. The fourth-order valence-corrected chi connectivity index (χ4v) is 4.93. The first-order chi connectivity index (χ1) is 17.2. The first-order valence-electron chi connectivity index (χ1n) is 11.8. The fourth-order valence-electron chi connectivity index (χ4n) is 4.11. The SMILES string of the molecule is CC1=CC[C-]=C1.COc1cc[c-]c2c1-c1ccccc1C2.[Zr+2]=[C](c1ccccc1)c1ccccc1. The molecule has 0 N–H and O–H groups in total. The van der Waals surface area contributed by atoms with Crippen LogP contribution in [0.15, 0.2) is 115 Å². The molecule has 2 heteroatoms. The number of ether oxygens (including phenoxy) is 1.